The average molecular weight is 351 g/mol. The van der Waals surface area contributed by atoms with Gasteiger partial charge >= 0.3 is 0 Å². The number of hydrogen-bond donors (Lipinski definition) is 1. The SMILES string of the molecule is CNc1cc(C)cc(-c2nc(-c3ccccc3)cc(-c3ccccc3)n2)c1. The van der Waals surface area contributed by atoms with Crippen molar-refractivity contribution in [1.82, 2.24) is 9.97 Å². The quantitative estimate of drug-likeness (QED) is 0.503. The molecule has 0 aliphatic rings. The molecule has 0 atom stereocenters. The molecule has 27 heavy (non-hydrogen) atoms. The van der Waals surface area contributed by atoms with E-state index in [1.54, 1.807) is 0 Å². The molecule has 0 saturated heterocycles. The molecule has 3 nitrogen and oxygen atoms in total. The van der Waals surface area contributed by atoms with E-state index in [0.717, 1.165) is 39.6 Å². The van der Waals surface area contributed by atoms with Crippen molar-refractivity contribution in [3.8, 4) is 33.9 Å². The topological polar surface area (TPSA) is 37.8 Å². The molecular formula is C24H21N3. The molecule has 0 aliphatic carbocycles. The fraction of sp³-hybridized carbons (Fsp3) is 0.0833. The number of nitrogens with zero attached hydrogens (tertiary/aromatic N) is 2. The minimum atomic E-state index is 0.732. The molecule has 3 heteroatoms. The molecule has 0 amide bonds. The first-order valence-electron chi connectivity index (χ1n) is 9.03. The minimum Gasteiger partial charge on any atom is -0.388 e. The summed E-state index contributed by atoms with van der Waals surface area (Å²) in [5.74, 6) is 0.732. The Bertz CT molecular complexity index is 1000. The van der Waals surface area contributed by atoms with Crippen molar-refractivity contribution >= 4 is 5.69 Å². The van der Waals surface area contributed by atoms with Crippen molar-refractivity contribution < 1.29 is 0 Å². The Kier molecular flexibility index (Phi) is 4.67. The Morgan fingerprint density at radius 3 is 1.70 bits per heavy atom. The summed E-state index contributed by atoms with van der Waals surface area (Å²) < 4.78 is 0. The number of rotatable bonds is 4. The fourth-order valence-corrected chi connectivity index (χ4v) is 3.15. The van der Waals surface area contributed by atoms with Gasteiger partial charge in [-0.3, -0.25) is 0 Å². The van der Waals surface area contributed by atoms with Gasteiger partial charge in [-0.15, -0.1) is 0 Å². The van der Waals surface area contributed by atoms with Crippen molar-refractivity contribution in [1.29, 1.82) is 0 Å². The van der Waals surface area contributed by atoms with Crippen molar-refractivity contribution in [2.45, 2.75) is 6.92 Å². The summed E-state index contributed by atoms with van der Waals surface area (Å²) in [4.78, 5) is 9.75. The Morgan fingerprint density at radius 2 is 1.19 bits per heavy atom. The third-order valence-electron chi connectivity index (χ3n) is 4.49. The van der Waals surface area contributed by atoms with Crippen LogP contribution in [-0.2, 0) is 0 Å². The largest absolute Gasteiger partial charge is 0.388 e. The molecule has 1 aromatic heterocycles. The lowest BCUT2D eigenvalue weighted by atomic mass is 10.1. The van der Waals surface area contributed by atoms with Gasteiger partial charge in [0.25, 0.3) is 0 Å². The predicted molar refractivity (Wildman–Crippen MR) is 113 cm³/mol. The highest BCUT2D eigenvalue weighted by Crippen LogP contribution is 2.29. The van der Waals surface area contributed by atoms with Crippen LogP contribution in [0, 0.1) is 6.92 Å². The summed E-state index contributed by atoms with van der Waals surface area (Å²) in [6, 6.07) is 28.9. The van der Waals surface area contributed by atoms with E-state index in [1.807, 2.05) is 43.4 Å². The number of aromatic nitrogens is 2. The maximum atomic E-state index is 4.88. The van der Waals surface area contributed by atoms with Crippen LogP contribution in [0.15, 0.2) is 84.9 Å². The molecule has 0 saturated carbocycles. The van der Waals surface area contributed by atoms with Gasteiger partial charge in [-0.25, -0.2) is 9.97 Å². The van der Waals surface area contributed by atoms with Crippen molar-refractivity contribution in [2.75, 3.05) is 12.4 Å². The summed E-state index contributed by atoms with van der Waals surface area (Å²) in [6.07, 6.45) is 0. The average Bonchev–Trinajstić information content (AvgIpc) is 2.74. The smallest absolute Gasteiger partial charge is 0.160 e. The Balaban J connectivity index is 1.92. The van der Waals surface area contributed by atoms with E-state index in [1.165, 1.54) is 5.56 Å². The maximum absolute atomic E-state index is 4.88. The van der Waals surface area contributed by atoms with Gasteiger partial charge in [0.15, 0.2) is 5.82 Å². The van der Waals surface area contributed by atoms with Crippen molar-refractivity contribution in [3.63, 3.8) is 0 Å². The molecule has 1 N–H and O–H groups in total. The zero-order valence-corrected chi connectivity index (χ0v) is 15.5. The first-order valence-corrected chi connectivity index (χ1v) is 9.03. The standard InChI is InChI=1S/C24H21N3/c1-17-13-20(15-21(14-17)25-2)24-26-22(18-9-5-3-6-10-18)16-23(27-24)19-11-7-4-8-12-19/h3-16,25H,1-2H3. The van der Waals surface area contributed by atoms with E-state index >= 15 is 0 Å². The van der Waals surface area contributed by atoms with E-state index in [2.05, 4.69) is 60.8 Å². The zero-order valence-electron chi connectivity index (χ0n) is 15.5. The van der Waals surface area contributed by atoms with E-state index in [0.29, 0.717) is 0 Å². The van der Waals surface area contributed by atoms with Crippen LogP contribution in [0.5, 0.6) is 0 Å². The highest BCUT2D eigenvalue weighted by molar-refractivity contribution is 5.73. The Labute approximate surface area is 159 Å². The molecule has 4 aromatic rings. The maximum Gasteiger partial charge on any atom is 0.160 e. The lowest BCUT2D eigenvalue weighted by Crippen LogP contribution is -1.97. The minimum absolute atomic E-state index is 0.732. The second-order valence-electron chi connectivity index (χ2n) is 6.53. The summed E-state index contributed by atoms with van der Waals surface area (Å²) in [7, 11) is 1.93. The van der Waals surface area contributed by atoms with Crippen LogP contribution in [0.4, 0.5) is 5.69 Å². The molecule has 0 bridgehead atoms. The van der Waals surface area contributed by atoms with E-state index in [9.17, 15) is 0 Å². The van der Waals surface area contributed by atoms with Gasteiger partial charge in [-0.1, -0.05) is 60.7 Å². The zero-order chi connectivity index (χ0) is 18.6. The van der Waals surface area contributed by atoms with E-state index in [4.69, 9.17) is 9.97 Å². The van der Waals surface area contributed by atoms with Gasteiger partial charge in [0.05, 0.1) is 11.4 Å². The van der Waals surface area contributed by atoms with Crippen LogP contribution in [0.25, 0.3) is 33.9 Å². The lowest BCUT2D eigenvalue weighted by molar-refractivity contribution is 1.18. The molecule has 0 aliphatic heterocycles. The van der Waals surface area contributed by atoms with Crippen molar-refractivity contribution in [2.24, 2.45) is 0 Å². The monoisotopic (exact) mass is 351 g/mol. The summed E-state index contributed by atoms with van der Waals surface area (Å²) in [6.45, 7) is 2.09. The first kappa shape index (κ1) is 17.0. The summed E-state index contributed by atoms with van der Waals surface area (Å²) in [5.41, 5.74) is 7.25. The van der Waals surface area contributed by atoms with Crippen LogP contribution >= 0.6 is 0 Å². The second kappa shape index (κ2) is 7.42. The predicted octanol–water partition coefficient (Wildman–Crippen LogP) is 5.83. The lowest BCUT2D eigenvalue weighted by Gasteiger charge is -2.11. The number of anilines is 1. The third-order valence-corrected chi connectivity index (χ3v) is 4.49. The van der Waals surface area contributed by atoms with Gasteiger partial charge in [0.2, 0.25) is 0 Å². The van der Waals surface area contributed by atoms with Crippen LogP contribution < -0.4 is 5.32 Å². The molecular weight excluding hydrogens is 330 g/mol. The Hall–Kier alpha value is -3.46. The van der Waals surface area contributed by atoms with Crippen LogP contribution in [0.3, 0.4) is 0 Å². The Morgan fingerprint density at radius 1 is 0.630 bits per heavy atom. The number of benzene rings is 3. The van der Waals surface area contributed by atoms with E-state index < -0.39 is 0 Å². The molecule has 4 rings (SSSR count). The van der Waals surface area contributed by atoms with Gasteiger partial charge in [-0.2, -0.15) is 0 Å². The highest BCUT2D eigenvalue weighted by atomic mass is 14.9. The molecule has 1 heterocycles. The van der Waals surface area contributed by atoms with Gasteiger partial charge in [0, 0.05) is 29.4 Å². The van der Waals surface area contributed by atoms with E-state index in [-0.39, 0.29) is 0 Å². The second-order valence-corrected chi connectivity index (χ2v) is 6.53. The molecule has 0 radical (unpaired) electrons. The summed E-state index contributed by atoms with van der Waals surface area (Å²) >= 11 is 0. The fourth-order valence-electron chi connectivity index (χ4n) is 3.15. The number of nitrogens with one attached hydrogen (secondary N) is 1. The summed E-state index contributed by atoms with van der Waals surface area (Å²) in [5, 5.41) is 3.21. The molecule has 3 aromatic carbocycles. The first-order chi connectivity index (χ1) is 13.2. The molecule has 0 fully saturated rings. The third kappa shape index (κ3) is 3.72. The number of aryl methyl sites for hydroxylation is 1. The van der Waals surface area contributed by atoms with Gasteiger partial charge in [0.1, 0.15) is 0 Å². The van der Waals surface area contributed by atoms with Crippen LogP contribution in [-0.4, -0.2) is 17.0 Å². The van der Waals surface area contributed by atoms with Crippen LogP contribution in [0.1, 0.15) is 5.56 Å². The molecule has 132 valence electrons. The van der Waals surface area contributed by atoms with Gasteiger partial charge in [-0.05, 0) is 36.8 Å². The molecule has 0 spiro atoms. The van der Waals surface area contributed by atoms with Crippen LogP contribution in [0.2, 0.25) is 0 Å². The highest BCUT2D eigenvalue weighted by Gasteiger charge is 2.11. The molecule has 0 unspecified atom stereocenters. The number of hydrogen-bond acceptors (Lipinski definition) is 3. The van der Waals surface area contributed by atoms with Crippen molar-refractivity contribution in [3.05, 3.63) is 90.5 Å². The van der Waals surface area contributed by atoms with Gasteiger partial charge < -0.3 is 5.32 Å². The normalized spacial score (nSPS) is 10.6.